The van der Waals surface area contributed by atoms with Crippen molar-refractivity contribution in [3.63, 3.8) is 0 Å². The average Bonchev–Trinajstić information content (AvgIpc) is 2.98. The summed E-state index contributed by atoms with van der Waals surface area (Å²) in [6.07, 6.45) is 2.61. The smallest absolute Gasteiger partial charge is 0.255 e. The van der Waals surface area contributed by atoms with E-state index in [1.54, 1.807) is 13.2 Å². The van der Waals surface area contributed by atoms with Crippen LogP contribution in [0.1, 0.15) is 18.4 Å². The fourth-order valence-electron chi connectivity index (χ4n) is 2.44. The molecule has 0 bridgehead atoms. The fraction of sp³-hybridized carbons (Fsp3) is 0.533. The van der Waals surface area contributed by atoms with Gasteiger partial charge in [-0.25, -0.2) is 0 Å². The van der Waals surface area contributed by atoms with E-state index in [0.29, 0.717) is 17.6 Å². The molecule has 1 aromatic rings. The van der Waals surface area contributed by atoms with Crippen molar-refractivity contribution in [1.82, 2.24) is 0 Å². The Morgan fingerprint density at radius 3 is 3.05 bits per heavy atom. The summed E-state index contributed by atoms with van der Waals surface area (Å²) >= 11 is 0. The van der Waals surface area contributed by atoms with Gasteiger partial charge in [0.1, 0.15) is 19.2 Å². The topological polar surface area (TPSA) is 87.4 Å². The molecule has 6 heteroatoms. The minimum absolute atomic E-state index is 0.154. The zero-order valence-electron chi connectivity index (χ0n) is 12.3. The van der Waals surface area contributed by atoms with E-state index in [-0.39, 0.29) is 6.61 Å². The first-order valence-corrected chi connectivity index (χ1v) is 7.21. The van der Waals surface area contributed by atoms with Gasteiger partial charge in [0.2, 0.25) is 0 Å². The van der Waals surface area contributed by atoms with E-state index >= 15 is 0 Å². The molecule has 4 N–H and O–H groups in total. The summed E-state index contributed by atoms with van der Waals surface area (Å²) in [4.78, 5) is 10.9. The molecule has 1 aliphatic heterocycles. The van der Waals surface area contributed by atoms with Crippen molar-refractivity contribution in [2.45, 2.75) is 25.5 Å². The maximum atomic E-state index is 10.9. The third-order valence-corrected chi connectivity index (χ3v) is 3.46. The molecule has 1 saturated heterocycles. The summed E-state index contributed by atoms with van der Waals surface area (Å²) in [6, 6.07) is 5.68. The first-order valence-electron chi connectivity index (χ1n) is 7.21. The van der Waals surface area contributed by atoms with Crippen LogP contribution in [0.4, 0.5) is 0 Å². The molecular formula is C15H23N2O4+. The molecule has 0 aromatic heterocycles. The summed E-state index contributed by atoms with van der Waals surface area (Å²) in [5.41, 5.74) is 6.12. The van der Waals surface area contributed by atoms with Crippen LogP contribution in [0.15, 0.2) is 18.2 Å². The van der Waals surface area contributed by atoms with E-state index in [4.69, 9.17) is 19.9 Å². The monoisotopic (exact) mass is 295 g/mol. The summed E-state index contributed by atoms with van der Waals surface area (Å²) in [5, 5.41) is 2.18. The number of amides is 1. The van der Waals surface area contributed by atoms with Gasteiger partial charge in [-0.05, 0) is 25.0 Å². The number of hydrogen-bond donors (Lipinski definition) is 2. The fourth-order valence-corrected chi connectivity index (χ4v) is 2.44. The third-order valence-electron chi connectivity index (χ3n) is 3.46. The van der Waals surface area contributed by atoms with Crippen molar-refractivity contribution in [2.75, 3.05) is 26.9 Å². The van der Waals surface area contributed by atoms with Gasteiger partial charge in [0.25, 0.3) is 5.91 Å². The van der Waals surface area contributed by atoms with Crippen LogP contribution in [0, 0.1) is 0 Å². The number of quaternary nitrogens is 1. The Bertz CT molecular complexity index is 473. The average molecular weight is 295 g/mol. The van der Waals surface area contributed by atoms with Crippen LogP contribution in [0.5, 0.6) is 11.5 Å². The number of benzene rings is 1. The summed E-state index contributed by atoms with van der Waals surface area (Å²) in [5.74, 6) is 0.692. The van der Waals surface area contributed by atoms with Crippen LogP contribution in [-0.4, -0.2) is 38.9 Å². The zero-order valence-corrected chi connectivity index (χ0v) is 12.3. The minimum atomic E-state index is -0.504. The Hall–Kier alpha value is -1.79. The van der Waals surface area contributed by atoms with Gasteiger partial charge in [0.05, 0.1) is 12.7 Å². The zero-order chi connectivity index (χ0) is 15.1. The van der Waals surface area contributed by atoms with Crippen molar-refractivity contribution in [2.24, 2.45) is 5.73 Å². The first-order chi connectivity index (χ1) is 10.2. The van der Waals surface area contributed by atoms with Gasteiger partial charge in [0, 0.05) is 6.61 Å². The minimum Gasteiger partial charge on any atom is -0.493 e. The highest BCUT2D eigenvalue weighted by molar-refractivity contribution is 5.75. The predicted octanol–water partition coefficient (Wildman–Crippen LogP) is -0.198. The van der Waals surface area contributed by atoms with Gasteiger partial charge in [-0.3, -0.25) is 4.79 Å². The molecule has 1 atom stereocenters. The third kappa shape index (κ3) is 4.61. The highest BCUT2D eigenvalue weighted by atomic mass is 16.5. The van der Waals surface area contributed by atoms with E-state index in [1.165, 1.54) is 0 Å². The second-order valence-electron chi connectivity index (χ2n) is 5.07. The first kappa shape index (κ1) is 15.6. The van der Waals surface area contributed by atoms with Crippen LogP contribution in [-0.2, 0) is 16.1 Å². The molecule has 0 radical (unpaired) electrons. The molecule has 1 fully saturated rings. The standard InChI is InChI=1S/C15H22N2O4/c1-19-13-6-2-4-11(15(13)21-10-14(16)18)8-17-9-12-5-3-7-20-12/h2,4,6,12,17H,3,5,7-10H2,1H3,(H2,16,18)/p+1/t12-/m1/s1. The Balaban J connectivity index is 1.97. The molecule has 21 heavy (non-hydrogen) atoms. The van der Waals surface area contributed by atoms with E-state index in [2.05, 4.69) is 5.32 Å². The number of rotatable bonds is 8. The van der Waals surface area contributed by atoms with E-state index in [9.17, 15) is 4.79 Å². The largest absolute Gasteiger partial charge is 0.493 e. The number of nitrogens with two attached hydrogens (primary N) is 2. The SMILES string of the molecule is COc1cccc(C[NH2+]C[C@H]2CCCO2)c1OCC(N)=O. The van der Waals surface area contributed by atoms with Crippen molar-refractivity contribution in [3.8, 4) is 11.5 Å². The number of ether oxygens (including phenoxy) is 3. The molecule has 116 valence electrons. The number of methoxy groups -OCH3 is 1. The predicted molar refractivity (Wildman–Crippen MR) is 77.2 cm³/mol. The molecular weight excluding hydrogens is 272 g/mol. The Morgan fingerprint density at radius 1 is 1.52 bits per heavy atom. The van der Waals surface area contributed by atoms with Crippen molar-refractivity contribution in [1.29, 1.82) is 0 Å². The van der Waals surface area contributed by atoms with Gasteiger partial charge < -0.3 is 25.3 Å². The summed E-state index contributed by atoms with van der Waals surface area (Å²) in [7, 11) is 1.58. The molecule has 1 aliphatic rings. The summed E-state index contributed by atoms with van der Waals surface area (Å²) < 4.78 is 16.4. The van der Waals surface area contributed by atoms with Crippen molar-refractivity contribution in [3.05, 3.63) is 23.8 Å². The number of primary amides is 1. The van der Waals surface area contributed by atoms with Crippen molar-refractivity contribution < 1.29 is 24.3 Å². The lowest BCUT2D eigenvalue weighted by atomic mass is 10.1. The molecule has 0 unspecified atom stereocenters. The number of carbonyl (C=O) groups is 1. The normalized spacial score (nSPS) is 17.7. The maximum Gasteiger partial charge on any atom is 0.255 e. The van der Waals surface area contributed by atoms with Crippen LogP contribution in [0.25, 0.3) is 0 Å². The summed E-state index contributed by atoms with van der Waals surface area (Å²) in [6.45, 7) is 2.38. The quantitative estimate of drug-likeness (QED) is 0.695. The van der Waals surface area contributed by atoms with E-state index < -0.39 is 5.91 Å². The van der Waals surface area contributed by atoms with Crippen LogP contribution >= 0.6 is 0 Å². The molecule has 0 aliphatic carbocycles. The second-order valence-corrected chi connectivity index (χ2v) is 5.07. The number of hydrogen-bond acceptors (Lipinski definition) is 4. The molecule has 1 amide bonds. The van der Waals surface area contributed by atoms with Crippen LogP contribution in [0.2, 0.25) is 0 Å². The second kappa shape index (κ2) is 7.85. The lowest BCUT2D eigenvalue weighted by Gasteiger charge is -2.14. The highest BCUT2D eigenvalue weighted by Gasteiger charge is 2.18. The van der Waals surface area contributed by atoms with Gasteiger partial charge >= 0.3 is 0 Å². The molecule has 1 heterocycles. The van der Waals surface area contributed by atoms with Crippen molar-refractivity contribution >= 4 is 5.91 Å². The van der Waals surface area contributed by atoms with Gasteiger partial charge in [-0.1, -0.05) is 6.07 Å². The Kier molecular flexibility index (Phi) is 5.83. The number of para-hydroxylation sites is 1. The molecule has 1 aromatic carbocycles. The molecule has 0 spiro atoms. The Morgan fingerprint density at radius 2 is 2.38 bits per heavy atom. The lowest BCUT2D eigenvalue weighted by molar-refractivity contribution is -0.676. The van der Waals surface area contributed by atoms with Gasteiger partial charge in [0.15, 0.2) is 18.1 Å². The lowest BCUT2D eigenvalue weighted by Crippen LogP contribution is -2.84. The van der Waals surface area contributed by atoms with Crippen LogP contribution in [0.3, 0.4) is 0 Å². The molecule has 2 rings (SSSR count). The van der Waals surface area contributed by atoms with Gasteiger partial charge in [-0.2, -0.15) is 0 Å². The van der Waals surface area contributed by atoms with E-state index in [1.807, 2.05) is 12.1 Å². The number of carbonyl (C=O) groups excluding carboxylic acids is 1. The van der Waals surface area contributed by atoms with Gasteiger partial charge in [-0.15, -0.1) is 0 Å². The van der Waals surface area contributed by atoms with E-state index in [0.717, 1.165) is 38.1 Å². The molecule has 6 nitrogen and oxygen atoms in total. The maximum absolute atomic E-state index is 10.9. The molecule has 0 saturated carbocycles. The highest BCUT2D eigenvalue weighted by Crippen LogP contribution is 2.30. The van der Waals surface area contributed by atoms with Crippen LogP contribution < -0.4 is 20.5 Å². The Labute approximate surface area is 124 Å².